The normalized spacial score (nSPS) is 30.7. The van der Waals surface area contributed by atoms with E-state index in [1.165, 1.54) is 0 Å². The standard InChI is InChI=1S/C9H18F2N2/c1-7-4-8(5-12(7)2)13(3)6-9(10)11/h7-9H,4-6H2,1-3H3. The molecule has 0 aromatic carbocycles. The monoisotopic (exact) mass is 192 g/mol. The number of alkyl halides is 2. The van der Waals surface area contributed by atoms with Crippen molar-refractivity contribution in [2.45, 2.75) is 31.9 Å². The summed E-state index contributed by atoms with van der Waals surface area (Å²) >= 11 is 0. The number of likely N-dealkylation sites (tertiary alicyclic amines) is 1. The number of likely N-dealkylation sites (N-methyl/N-ethyl adjacent to an activating group) is 2. The second-order valence-corrected chi connectivity index (χ2v) is 4.01. The maximum atomic E-state index is 12.1. The van der Waals surface area contributed by atoms with E-state index >= 15 is 0 Å². The average molecular weight is 192 g/mol. The highest BCUT2D eigenvalue weighted by Crippen LogP contribution is 2.19. The van der Waals surface area contributed by atoms with Crippen molar-refractivity contribution in [2.75, 3.05) is 27.2 Å². The van der Waals surface area contributed by atoms with Gasteiger partial charge >= 0.3 is 0 Å². The minimum absolute atomic E-state index is 0.106. The first-order valence-corrected chi connectivity index (χ1v) is 4.69. The summed E-state index contributed by atoms with van der Waals surface area (Å²) in [6.45, 7) is 2.94. The SMILES string of the molecule is CC1CC(N(C)CC(F)F)CN1C. The molecule has 2 nitrogen and oxygen atoms in total. The third-order valence-corrected chi connectivity index (χ3v) is 2.91. The Hall–Kier alpha value is -0.220. The molecule has 1 rings (SSSR count). The predicted octanol–water partition coefficient (Wildman–Crippen LogP) is 1.28. The van der Waals surface area contributed by atoms with Crippen molar-refractivity contribution in [2.24, 2.45) is 0 Å². The van der Waals surface area contributed by atoms with Gasteiger partial charge in [-0.1, -0.05) is 0 Å². The fourth-order valence-corrected chi connectivity index (χ4v) is 1.85. The maximum absolute atomic E-state index is 12.1. The fourth-order valence-electron chi connectivity index (χ4n) is 1.85. The molecule has 0 bridgehead atoms. The molecule has 1 heterocycles. The maximum Gasteiger partial charge on any atom is 0.251 e. The molecule has 0 saturated carbocycles. The molecule has 2 unspecified atom stereocenters. The van der Waals surface area contributed by atoms with Crippen LogP contribution in [0.5, 0.6) is 0 Å². The van der Waals surface area contributed by atoms with Crippen LogP contribution in [0.4, 0.5) is 8.78 Å². The Morgan fingerprint density at radius 3 is 2.54 bits per heavy atom. The van der Waals surface area contributed by atoms with Crippen LogP contribution in [0.25, 0.3) is 0 Å². The van der Waals surface area contributed by atoms with Crippen LogP contribution in [0.2, 0.25) is 0 Å². The average Bonchev–Trinajstić information content (AvgIpc) is 2.31. The Morgan fingerprint density at radius 1 is 1.54 bits per heavy atom. The first-order valence-electron chi connectivity index (χ1n) is 4.69. The van der Waals surface area contributed by atoms with E-state index < -0.39 is 6.43 Å². The molecule has 1 aliphatic rings. The largest absolute Gasteiger partial charge is 0.302 e. The quantitative estimate of drug-likeness (QED) is 0.664. The summed E-state index contributed by atoms with van der Waals surface area (Å²) in [5.74, 6) is 0. The zero-order valence-corrected chi connectivity index (χ0v) is 8.50. The summed E-state index contributed by atoms with van der Waals surface area (Å²) in [5, 5.41) is 0. The van der Waals surface area contributed by atoms with Gasteiger partial charge in [-0.25, -0.2) is 8.78 Å². The van der Waals surface area contributed by atoms with Crippen molar-refractivity contribution in [3.8, 4) is 0 Å². The van der Waals surface area contributed by atoms with Gasteiger partial charge in [0.2, 0.25) is 0 Å². The van der Waals surface area contributed by atoms with E-state index in [1.54, 1.807) is 11.9 Å². The molecular weight excluding hydrogens is 174 g/mol. The Morgan fingerprint density at radius 2 is 2.15 bits per heavy atom. The van der Waals surface area contributed by atoms with Crippen molar-refractivity contribution >= 4 is 0 Å². The smallest absolute Gasteiger partial charge is 0.251 e. The molecule has 0 radical (unpaired) electrons. The van der Waals surface area contributed by atoms with Crippen molar-refractivity contribution in [3.05, 3.63) is 0 Å². The third kappa shape index (κ3) is 2.88. The van der Waals surface area contributed by atoms with E-state index in [2.05, 4.69) is 11.8 Å². The van der Waals surface area contributed by atoms with E-state index in [-0.39, 0.29) is 6.54 Å². The molecular formula is C9H18F2N2. The van der Waals surface area contributed by atoms with Gasteiger partial charge in [-0.05, 0) is 27.4 Å². The second kappa shape index (κ2) is 4.33. The Kier molecular flexibility index (Phi) is 3.62. The van der Waals surface area contributed by atoms with Crippen LogP contribution in [0.3, 0.4) is 0 Å². The zero-order valence-electron chi connectivity index (χ0n) is 8.50. The predicted molar refractivity (Wildman–Crippen MR) is 49.1 cm³/mol. The van der Waals surface area contributed by atoms with Gasteiger partial charge in [0, 0.05) is 18.6 Å². The number of hydrogen-bond donors (Lipinski definition) is 0. The minimum atomic E-state index is -2.22. The van der Waals surface area contributed by atoms with E-state index in [9.17, 15) is 8.78 Å². The number of rotatable bonds is 3. The summed E-state index contributed by atoms with van der Waals surface area (Å²) in [6.07, 6.45) is -1.22. The molecule has 1 saturated heterocycles. The van der Waals surface area contributed by atoms with Crippen molar-refractivity contribution in [1.29, 1.82) is 0 Å². The lowest BCUT2D eigenvalue weighted by Crippen LogP contribution is -2.36. The fraction of sp³-hybridized carbons (Fsp3) is 1.00. The molecule has 0 aliphatic carbocycles. The third-order valence-electron chi connectivity index (χ3n) is 2.91. The van der Waals surface area contributed by atoms with Gasteiger partial charge in [0.05, 0.1) is 6.54 Å². The van der Waals surface area contributed by atoms with Crippen LogP contribution in [0.15, 0.2) is 0 Å². The first kappa shape index (κ1) is 10.9. The molecule has 2 atom stereocenters. The molecule has 4 heteroatoms. The molecule has 0 N–H and O–H groups in total. The molecule has 0 amide bonds. The number of halogens is 2. The van der Waals surface area contributed by atoms with Gasteiger partial charge in [0.15, 0.2) is 0 Å². The van der Waals surface area contributed by atoms with Crippen LogP contribution in [-0.4, -0.2) is 55.5 Å². The molecule has 0 spiro atoms. The van der Waals surface area contributed by atoms with E-state index in [0.717, 1.165) is 13.0 Å². The second-order valence-electron chi connectivity index (χ2n) is 4.01. The summed E-state index contributed by atoms with van der Waals surface area (Å²) in [4.78, 5) is 3.98. The summed E-state index contributed by atoms with van der Waals surface area (Å²) in [6, 6.07) is 0.819. The Labute approximate surface area is 78.5 Å². The van der Waals surface area contributed by atoms with Crippen LogP contribution in [-0.2, 0) is 0 Å². The van der Waals surface area contributed by atoms with Crippen LogP contribution < -0.4 is 0 Å². The molecule has 1 aliphatic heterocycles. The molecule has 13 heavy (non-hydrogen) atoms. The Bertz CT molecular complexity index is 154. The number of hydrogen-bond acceptors (Lipinski definition) is 2. The van der Waals surface area contributed by atoms with Gasteiger partial charge in [-0.2, -0.15) is 0 Å². The first-order chi connectivity index (χ1) is 6.00. The summed E-state index contributed by atoms with van der Waals surface area (Å²) in [5.41, 5.74) is 0. The minimum Gasteiger partial charge on any atom is -0.302 e. The van der Waals surface area contributed by atoms with E-state index in [0.29, 0.717) is 12.1 Å². The van der Waals surface area contributed by atoms with Crippen molar-refractivity contribution in [1.82, 2.24) is 9.80 Å². The number of nitrogens with zero attached hydrogens (tertiary/aromatic N) is 2. The topological polar surface area (TPSA) is 6.48 Å². The van der Waals surface area contributed by atoms with E-state index in [1.807, 2.05) is 7.05 Å². The van der Waals surface area contributed by atoms with Gasteiger partial charge in [0.25, 0.3) is 6.43 Å². The van der Waals surface area contributed by atoms with Gasteiger partial charge < -0.3 is 4.90 Å². The van der Waals surface area contributed by atoms with Crippen molar-refractivity contribution < 1.29 is 8.78 Å². The van der Waals surface area contributed by atoms with Crippen molar-refractivity contribution in [3.63, 3.8) is 0 Å². The molecule has 78 valence electrons. The van der Waals surface area contributed by atoms with Gasteiger partial charge in [-0.3, -0.25) is 4.90 Å². The molecule has 0 aromatic heterocycles. The zero-order chi connectivity index (χ0) is 10.0. The highest BCUT2D eigenvalue weighted by Gasteiger charge is 2.29. The van der Waals surface area contributed by atoms with Crippen LogP contribution in [0, 0.1) is 0 Å². The summed E-state index contributed by atoms with van der Waals surface area (Å²) < 4.78 is 24.2. The highest BCUT2D eigenvalue weighted by molar-refractivity contribution is 4.85. The van der Waals surface area contributed by atoms with Crippen LogP contribution in [0.1, 0.15) is 13.3 Å². The van der Waals surface area contributed by atoms with Crippen LogP contribution >= 0.6 is 0 Å². The summed E-state index contributed by atoms with van der Waals surface area (Å²) in [7, 11) is 3.82. The lowest BCUT2D eigenvalue weighted by Gasteiger charge is -2.23. The van der Waals surface area contributed by atoms with E-state index in [4.69, 9.17) is 0 Å². The Balaban J connectivity index is 2.37. The van der Waals surface area contributed by atoms with Gasteiger partial charge in [0.1, 0.15) is 0 Å². The van der Waals surface area contributed by atoms with Gasteiger partial charge in [-0.15, -0.1) is 0 Å². The highest BCUT2D eigenvalue weighted by atomic mass is 19.3. The molecule has 1 fully saturated rings. The lowest BCUT2D eigenvalue weighted by molar-refractivity contribution is 0.0825. The lowest BCUT2D eigenvalue weighted by atomic mass is 10.2. The molecule has 0 aromatic rings.